The fourth-order valence-corrected chi connectivity index (χ4v) is 1.81. The van der Waals surface area contributed by atoms with Crippen LogP contribution in [0.3, 0.4) is 0 Å². The van der Waals surface area contributed by atoms with E-state index in [0.29, 0.717) is 0 Å². The van der Waals surface area contributed by atoms with Crippen LogP contribution in [0.5, 0.6) is 0 Å². The fraction of sp³-hybridized carbons (Fsp3) is 0.154. The topological polar surface area (TPSA) is 66.5 Å². The second-order valence-corrected chi connectivity index (χ2v) is 4.19. The van der Waals surface area contributed by atoms with Gasteiger partial charge in [0.2, 0.25) is 0 Å². The molecule has 0 spiro atoms. The molecule has 0 saturated carbocycles. The smallest absolute Gasteiger partial charge is 0.155 e. The van der Waals surface area contributed by atoms with Gasteiger partial charge in [-0.1, -0.05) is 0 Å². The molecule has 0 aliphatic rings. The van der Waals surface area contributed by atoms with Crippen molar-refractivity contribution < 1.29 is 0 Å². The minimum Gasteiger partial charge on any atom is -0.380 e. The van der Waals surface area contributed by atoms with E-state index in [2.05, 4.69) is 32.4 Å². The molecule has 5 nitrogen and oxygen atoms in total. The highest BCUT2D eigenvalue weighted by atomic mass is 15.1. The summed E-state index contributed by atoms with van der Waals surface area (Å²) in [4.78, 5) is 8.41. The number of hydrogen-bond donors (Lipinski definition) is 2. The van der Waals surface area contributed by atoms with E-state index in [1.807, 2.05) is 18.3 Å². The van der Waals surface area contributed by atoms with Crippen LogP contribution < -0.4 is 5.32 Å². The lowest BCUT2D eigenvalue weighted by molar-refractivity contribution is 1.07. The van der Waals surface area contributed by atoms with E-state index in [4.69, 9.17) is 0 Å². The molecule has 0 amide bonds. The number of aromatic nitrogens is 4. The Balaban J connectivity index is 1.78. The molecule has 0 fully saturated rings. The molecule has 0 aliphatic heterocycles. The quantitative estimate of drug-likeness (QED) is 0.735. The fourth-order valence-electron chi connectivity index (χ4n) is 1.81. The maximum atomic E-state index is 4.28. The minimum atomic E-state index is 0.741. The number of aryl methyl sites for hydroxylation is 1. The molecule has 0 bridgehead atoms. The van der Waals surface area contributed by atoms with Crippen molar-refractivity contribution in [2.75, 3.05) is 5.32 Å². The summed E-state index contributed by atoms with van der Waals surface area (Å²) in [5, 5.41) is 11.1. The van der Waals surface area contributed by atoms with Gasteiger partial charge in [0.1, 0.15) is 0 Å². The largest absolute Gasteiger partial charge is 0.380 e. The summed E-state index contributed by atoms with van der Waals surface area (Å²) in [5.41, 5.74) is 4.20. The number of nitrogens with zero attached hydrogens (tertiary/aromatic N) is 3. The first kappa shape index (κ1) is 10.7. The molecule has 0 aliphatic carbocycles. The zero-order valence-corrected chi connectivity index (χ0v) is 10.0. The molecule has 3 aromatic heterocycles. The van der Waals surface area contributed by atoms with E-state index in [1.54, 1.807) is 18.6 Å². The summed E-state index contributed by atoms with van der Waals surface area (Å²) >= 11 is 0. The van der Waals surface area contributed by atoms with E-state index >= 15 is 0 Å². The van der Waals surface area contributed by atoms with Gasteiger partial charge in [-0.15, -0.1) is 0 Å². The Labute approximate surface area is 104 Å². The zero-order chi connectivity index (χ0) is 12.4. The lowest BCUT2D eigenvalue weighted by Crippen LogP contribution is -2.02. The van der Waals surface area contributed by atoms with Gasteiger partial charge in [0, 0.05) is 24.3 Å². The highest BCUT2D eigenvalue weighted by Crippen LogP contribution is 2.15. The maximum absolute atomic E-state index is 4.28. The summed E-state index contributed by atoms with van der Waals surface area (Å²) in [7, 11) is 0. The number of H-pyrrole nitrogens is 1. The summed E-state index contributed by atoms with van der Waals surface area (Å²) in [5.74, 6) is 0. The lowest BCUT2D eigenvalue weighted by Gasteiger charge is -2.07. The van der Waals surface area contributed by atoms with E-state index in [9.17, 15) is 0 Å². The van der Waals surface area contributed by atoms with Gasteiger partial charge >= 0.3 is 0 Å². The molecule has 3 aromatic rings. The third-order valence-corrected chi connectivity index (χ3v) is 2.92. The minimum absolute atomic E-state index is 0.741. The molecule has 2 N–H and O–H groups in total. The molecule has 3 rings (SSSR count). The average Bonchev–Trinajstić information content (AvgIpc) is 2.85. The number of aromatic amines is 1. The van der Waals surface area contributed by atoms with Gasteiger partial charge < -0.3 is 5.32 Å². The second kappa shape index (κ2) is 4.44. The van der Waals surface area contributed by atoms with Crippen molar-refractivity contribution in [1.29, 1.82) is 0 Å². The van der Waals surface area contributed by atoms with E-state index < -0.39 is 0 Å². The number of hydrogen-bond acceptors (Lipinski definition) is 4. The van der Waals surface area contributed by atoms with Gasteiger partial charge in [-0.2, -0.15) is 5.10 Å². The third kappa shape index (κ3) is 2.02. The number of nitrogens with one attached hydrogen (secondary N) is 2. The predicted molar refractivity (Wildman–Crippen MR) is 70.2 cm³/mol. The number of anilines is 1. The molecule has 0 radical (unpaired) electrons. The van der Waals surface area contributed by atoms with Crippen LogP contribution in [-0.2, 0) is 6.54 Å². The molecular weight excluding hydrogens is 226 g/mol. The summed E-state index contributed by atoms with van der Waals surface area (Å²) < 4.78 is 0. The third-order valence-electron chi connectivity index (χ3n) is 2.92. The number of rotatable bonds is 3. The van der Waals surface area contributed by atoms with Crippen molar-refractivity contribution in [1.82, 2.24) is 20.2 Å². The highest BCUT2D eigenvalue weighted by molar-refractivity contribution is 5.77. The Morgan fingerprint density at radius 3 is 3.11 bits per heavy atom. The monoisotopic (exact) mass is 239 g/mol. The zero-order valence-electron chi connectivity index (χ0n) is 10.0. The van der Waals surface area contributed by atoms with Crippen molar-refractivity contribution in [3.8, 4) is 0 Å². The molecule has 0 atom stereocenters. The first-order valence-electron chi connectivity index (χ1n) is 5.75. The predicted octanol–water partition coefficient (Wildman–Crippen LogP) is 2.27. The van der Waals surface area contributed by atoms with Crippen LogP contribution in [0.25, 0.3) is 11.0 Å². The van der Waals surface area contributed by atoms with Gasteiger partial charge in [0.15, 0.2) is 5.65 Å². The average molecular weight is 239 g/mol. The normalized spacial score (nSPS) is 10.7. The first-order valence-corrected chi connectivity index (χ1v) is 5.75. The Morgan fingerprint density at radius 2 is 2.22 bits per heavy atom. The van der Waals surface area contributed by atoms with Crippen molar-refractivity contribution in [2.45, 2.75) is 13.5 Å². The van der Waals surface area contributed by atoms with Crippen LogP contribution in [0.2, 0.25) is 0 Å². The van der Waals surface area contributed by atoms with Crippen LogP contribution >= 0.6 is 0 Å². The Hall–Kier alpha value is -2.43. The molecule has 0 saturated heterocycles. The Bertz CT molecular complexity index is 674. The molecule has 0 unspecified atom stereocenters. The van der Waals surface area contributed by atoms with Crippen molar-refractivity contribution in [3.63, 3.8) is 0 Å². The maximum Gasteiger partial charge on any atom is 0.155 e. The summed E-state index contributed by atoms with van der Waals surface area (Å²) in [6.45, 7) is 2.82. The molecular formula is C13H13N5. The van der Waals surface area contributed by atoms with Crippen molar-refractivity contribution in [2.24, 2.45) is 0 Å². The van der Waals surface area contributed by atoms with Crippen LogP contribution in [0.4, 0.5) is 5.69 Å². The second-order valence-electron chi connectivity index (χ2n) is 4.19. The van der Waals surface area contributed by atoms with Crippen molar-refractivity contribution >= 4 is 16.7 Å². The molecule has 0 aromatic carbocycles. The SMILES string of the molecule is Cc1ccncc1CNc1cnc2[nH]ncc2c1. The number of fused-ring (bicyclic) bond motifs is 1. The van der Waals surface area contributed by atoms with Crippen LogP contribution in [0.15, 0.2) is 36.9 Å². The Kier molecular flexibility index (Phi) is 2.64. The summed E-state index contributed by atoms with van der Waals surface area (Å²) in [6, 6.07) is 4.03. The highest BCUT2D eigenvalue weighted by Gasteiger charge is 2.01. The van der Waals surface area contributed by atoms with E-state index in [1.165, 1.54) is 11.1 Å². The Morgan fingerprint density at radius 1 is 1.28 bits per heavy atom. The molecule has 90 valence electrons. The van der Waals surface area contributed by atoms with Gasteiger partial charge in [-0.3, -0.25) is 10.1 Å². The van der Waals surface area contributed by atoms with Crippen molar-refractivity contribution in [3.05, 3.63) is 48.0 Å². The van der Waals surface area contributed by atoms with Crippen LogP contribution in [-0.4, -0.2) is 20.2 Å². The van der Waals surface area contributed by atoms with E-state index in [0.717, 1.165) is 23.3 Å². The van der Waals surface area contributed by atoms with Gasteiger partial charge in [0.25, 0.3) is 0 Å². The number of pyridine rings is 2. The lowest BCUT2D eigenvalue weighted by atomic mass is 10.1. The molecule has 5 heteroatoms. The van der Waals surface area contributed by atoms with E-state index in [-0.39, 0.29) is 0 Å². The molecule has 18 heavy (non-hydrogen) atoms. The summed E-state index contributed by atoms with van der Waals surface area (Å²) in [6.07, 6.45) is 7.25. The van der Waals surface area contributed by atoms with Gasteiger partial charge in [0.05, 0.1) is 18.1 Å². The van der Waals surface area contributed by atoms with Gasteiger partial charge in [-0.05, 0) is 30.2 Å². The standard InChI is InChI=1S/C13H13N5/c1-9-2-3-14-5-11(9)6-15-12-4-10-7-17-18-13(10)16-8-12/h2-5,7-8,15H,6H2,1H3,(H,16,17,18). The molecule has 3 heterocycles. The first-order chi connectivity index (χ1) is 8.83. The van der Waals surface area contributed by atoms with Gasteiger partial charge in [-0.25, -0.2) is 4.98 Å². The van der Waals surface area contributed by atoms with Crippen LogP contribution in [0.1, 0.15) is 11.1 Å². The van der Waals surface area contributed by atoms with Crippen LogP contribution in [0, 0.1) is 6.92 Å².